The Morgan fingerprint density at radius 1 is 1.18 bits per heavy atom. The number of hydrogen-bond acceptors (Lipinski definition) is 6. The molecule has 0 saturated carbocycles. The van der Waals surface area contributed by atoms with E-state index < -0.39 is 0 Å². The van der Waals surface area contributed by atoms with E-state index in [1.165, 1.54) is 0 Å². The van der Waals surface area contributed by atoms with Crippen molar-refractivity contribution in [1.82, 2.24) is 29.5 Å². The molecule has 3 aromatic heterocycles. The smallest absolute Gasteiger partial charge is 0.229 e. The third kappa shape index (κ3) is 3.74. The van der Waals surface area contributed by atoms with Gasteiger partial charge in [-0.05, 0) is 45.8 Å². The lowest BCUT2D eigenvalue weighted by Gasteiger charge is -2.12. The van der Waals surface area contributed by atoms with Crippen LogP contribution in [0.15, 0.2) is 59.5 Å². The van der Waals surface area contributed by atoms with Crippen LogP contribution in [-0.4, -0.2) is 36.6 Å². The maximum atomic E-state index is 5.32. The second kappa shape index (κ2) is 7.81. The number of anilines is 2. The van der Waals surface area contributed by atoms with Crippen molar-refractivity contribution < 1.29 is 4.74 Å². The number of halogens is 1. The molecule has 0 aliphatic rings. The summed E-state index contributed by atoms with van der Waals surface area (Å²) in [6.45, 7) is 0.560. The van der Waals surface area contributed by atoms with E-state index >= 15 is 0 Å². The second-order valence-corrected chi connectivity index (χ2v) is 7.00. The van der Waals surface area contributed by atoms with Crippen LogP contribution < -0.4 is 10.1 Å². The fraction of sp³-hybridized carbons (Fsp3) is 0.158. The van der Waals surface area contributed by atoms with E-state index in [4.69, 9.17) is 4.74 Å². The average Bonchev–Trinajstić information content (AvgIpc) is 3.29. The SMILES string of the molecule is COc1ccc(Cn2c(Nc3cnn(C)c3)nnc2-c2ccccn2)cc1Br. The molecule has 0 aliphatic carbocycles. The van der Waals surface area contributed by atoms with Crippen LogP contribution in [-0.2, 0) is 13.6 Å². The molecule has 0 atom stereocenters. The first-order valence-electron chi connectivity index (χ1n) is 8.57. The molecule has 1 N–H and O–H groups in total. The number of hydrogen-bond donors (Lipinski definition) is 1. The van der Waals surface area contributed by atoms with E-state index in [0.29, 0.717) is 18.3 Å². The van der Waals surface area contributed by atoms with Gasteiger partial charge in [-0.1, -0.05) is 12.1 Å². The first-order chi connectivity index (χ1) is 13.6. The number of nitrogens with zero attached hydrogens (tertiary/aromatic N) is 6. The number of nitrogens with one attached hydrogen (secondary N) is 1. The van der Waals surface area contributed by atoms with Gasteiger partial charge in [-0.2, -0.15) is 5.10 Å². The van der Waals surface area contributed by atoms with Crippen LogP contribution in [0.4, 0.5) is 11.6 Å². The minimum Gasteiger partial charge on any atom is -0.496 e. The van der Waals surface area contributed by atoms with Gasteiger partial charge in [-0.25, -0.2) is 0 Å². The fourth-order valence-electron chi connectivity index (χ4n) is 2.84. The lowest BCUT2D eigenvalue weighted by atomic mass is 10.2. The summed E-state index contributed by atoms with van der Waals surface area (Å²) in [5.74, 6) is 2.07. The van der Waals surface area contributed by atoms with Crippen LogP contribution >= 0.6 is 15.9 Å². The summed E-state index contributed by atoms with van der Waals surface area (Å²) in [5, 5.41) is 16.2. The molecule has 1 aromatic carbocycles. The number of pyridine rings is 1. The Bertz CT molecular complexity index is 1090. The predicted molar refractivity (Wildman–Crippen MR) is 110 cm³/mol. The van der Waals surface area contributed by atoms with Gasteiger partial charge in [0, 0.05) is 19.4 Å². The Morgan fingerprint density at radius 2 is 2.07 bits per heavy atom. The molecule has 0 bridgehead atoms. The summed E-state index contributed by atoms with van der Waals surface area (Å²) in [6.07, 6.45) is 5.36. The summed E-state index contributed by atoms with van der Waals surface area (Å²) >= 11 is 3.55. The number of aryl methyl sites for hydroxylation is 1. The third-order valence-corrected chi connectivity index (χ3v) is 4.78. The number of methoxy groups -OCH3 is 1. The maximum Gasteiger partial charge on any atom is 0.229 e. The summed E-state index contributed by atoms with van der Waals surface area (Å²) in [7, 11) is 3.51. The molecule has 142 valence electrons. The molecule has 0 aliphatic heterocycles. The zero-order valence-electron chi connectivity index (χ0n) is 15.4. The number of ether oxygens (including phenoxy) is 1. The van der Waals surface area contributed by atoms with Crippen LogP contribution in [0.3, 0.4) is 0 Å². The van der Waals surface area contributed by atoms with Crippen LogP contribution in [0.1, 0.15) is 5.56 Å². The van der Waals surface area contributed by atoms with Crippen LogP contribution in [0.2, 0.25) is 0 Å². The quantitative estimate of drug-likeness (QED) is 0.493. The van der Waals surface area contributed by atoms with Gasteiger partial charge in [-0.3, -0.25) is 14.2 Å². The normalized spacial score (nSPS) is 10.8. The summed E-state index contributed by atoms with van der Waals surface area (Å²) < 4.78 is 9.93. The Kier molecular flexibility index (Phi) is 5.07. The Morgan fingerprint density at radius 3 is 2.75 bits per heavy atom. The van der Waals surface area contributed by atoms with Crippen LogP contribution in [0, 0.1) is 0 Å². The number of rotatable bonds is 6. The zero-order valence-corrected chi connectivity index (χ0v) is 17.0. The van der Waals surface area contributed by atoms with Crippen molar-refractivity contribution in [3.05, 3.63) is 65.0 Å². The summed E-state index contributed by atoms with van der Waals surface area (Å²) in [5.41, 5.74) is 2.65. The van der Waals surface area contributed by atoms with Crippen molar-refractivity contribution >= 4 is 27.6 Å². The van der Waals surface area contributed by atoms with Crippen molar-refractivity contribution in [3.8, 4) is 17.3 Å². The van der Waals surface area contributed by atoms with Gasteiger partial charge in [0.15, 0.2) is 5.82 Å². The molecule has 0 fully saturated rings. The predicted octanol–water partition coefficient (Wildman–Crippen LogP) is 3.64. The van der Waals surface area contributed by atoms with Crippen molar-refractivity contribution in [3.63, 3.8) is 0 Å². The molecule has 28 heavy (non-hydrogen) atoms. The lowest BCUT2D eigenvalue weighted by molar-refractivity contribution is 0.412. The second-order valence-electron chi connectivity index (χ2n) is 6.14. The molecule has 0 saturated heterocycles. The fourth-order valence-corrected chi connectivity index (χ4v) is 3.42. The van der Waals surface area contributed by atoms with Gasteiger partial charge in [0.05, 0.1) is 30.0 Å². The standard InChI is InChI=1S/C19H18BrN7O/c1-26-12-14(10-22-26)23-19-25-24-18(16-5-3-4-8-21-16)27(19)11-13-6-7-17(28-2)15(20)9-13/h3-10,12H,11H2,1-2H3,(H,23,25). The topological polar surface area (TPSA) is 82.7 Å². The van der Waals surface area contributed by atoms with Crippen molar-refractivity contribution in [2.24, 2.45) is 7.05 Å². The minimum absolute atomic E-state index is 0.560. The van der Waals surface area contributed by atoms with Crippen molar-refractivity contribution in [2.75, 3.05) is 12.4 Å². The molecule has 0 unspecified atom stereocenters. The molecule has 0 spiro atoms. The largest absolute Gasteiger partial charge is 0.496 e. The van der Waals surface area contributed by atoms with Gasteiger partial charge < -0.3 is 10.1 Å². The summed E-state index contributed by atoms with van der Waals surface area (Å²) in [4.78, 5) is 4.42. The van der Waals surface area contributed by atoms with E-state index in [9.17, 15) is 0 Å². The molecule has 8 nitrogen and oxygen atoms in total. The third-order valence-electron chi connectivity index (χ3n) is 4.16. The molecule has 4 rings (SSSR count). The Labute approximate surface area is 170 Å². The Hall–Kier alpha value is -3.20. The van der Waals surface area contributed by atoms with E-state index in [-0.39, 0.29) is 0 Å². The highest BCUT2D eigenvalue weighted by atomic mass is 79.9. The van der Waals surface area contributed by atoms with E-state index in [0.717, 1.165) is 27.2 Å². The monoisotopic (exact) mass is 439 g/mol. The van der Waals surface area contributed by atoms with E-state index in [2.05, 4.69) is 41.5 Å². The molecular formula is C19H18BrN7O. The van der Waals surface area contributed by atoms with Crippen molar-refractivity contribution in [2.45, 2.75) is 6.54 Å². The Balaban J connectivity index is 1.73. The highest BCUT2D eigenvalue weighted by Gasteiger charge is 2.16. The first kappa shape index (κ1) is 18.2. The van der Waals surface area contributed by atoms with Crippen molar-refractivity contribution in [1.29, 1.82) is 0 Å². The lowest BCUT2D eigenvalue weighted by Crippen LogP contribution is -2.07. The van der Waals surface area contributed by atoms with Gasteiger partial charge >= 0.3 is 0 Å². The molecule has 0 amide bonds. The average molecular weight is 440 g/mol. The molecular weight excluding hydrogens is 422 g/mol. The van der Waals surface area contributed by atoms with E-state index in [1.807, 2.05) is 54.2 Å². The van der Waals surface area contributed by atoms with Gasteiger partial charge in [0.25, 0.3) is 0 Å². The maximum absolute atomic E-state index is 5.32. The first-order valence-corrected chi connectivity index (χ1v) is 9.36. The number of aromatic nitrogens is 6. The zero-order chi connectivity index (χ0) is 19.5. The van der Waals surface area contributed by atoms with Gasteiger partial charge in [0.2, 0.25) is 5.95 Å². The highest BCUT2D eigenvalue weighted by Crippen LogP contribution is 2.28. The van der Waals surface area contributed by atoms with E-state index in [1.54, 1.807) is 24.2 Å². The highest BCUT2D eigenvalue weighted by molar-refractivity contribution is 9.10. The van der Waals surface area contributed by atoms with Gasteiger partial charge in [0.1, 0.15) is 11.4 Å². The summed E-state index contributed by atoms with van der Waals surface area (Å²) in [6, 6.07) is 11.7. The van der Waals surface area contributed by atoms with Gasteiger partial charge in [-0.15, -0.1) is 10.2 Å². The van der Waals surface area contributed by atoms with Crippen LogP contribution in [0.25, 0.3) is 11.5 Å². The molecule has 3 heterocycles. The molecule has 4 aromatic rings. The molecule has 0 radical (unpaired) electrons. The number of benzene rings is 1. The molecule has 9 heteroatoms. The van der Waals surface area contributed by atoms with Crippen LogP contribution in [0.5, 0.6) is 5.75 Å². The minimum atomic E-state index is 0.560.